The van der Waals surface area contributed by atoms with Crippen molar-refractivity contribution in [3.05, 3.63) is 29.6 Å². The van der Waals surface area contributed by atoms with Gasteiger partial charge in [-0.05, 0) is 31.5 Å². The van der Waals surface area contributed by atoms with Crippen molar-refractivity contribution in [1.82, 2.24) is 0 Å². The summed E-state index contributed by atoms with van der Waals surface area (Å²) >= 11 is 0. The smallest absolute Gasteiger partial charge is 0.165 e. The summed E-state index contributed by atoms with van der Waals surface area (Å²) in [7, 11) is 0. The van der Waals surface area contributed by atoms with Crippen molar-refractivity contribution >= 4 is 5.78 Å². The minimum atomic E-state index is -0.414. The second-order valence-electron chi connectivity index (χ2n) is 5.78. The maximum atomic E-state index is 13.7. The van der Waals surface area contributed by atoms with E-state index in [-0.39, 0.29) is 24.1 Å². The highest BCUT2D eigenvalue weighted by Crippen LogP contribution is 2.22. The van der Waals surface area contributed by atoms with Crippen molar-refractivity contribution in [2.45, 2.75) is 47.1 Å². The molecule has 18 heavy (non-hydrogen) atoms. The zero-order valence-corrected chi connectivity index (χ0v) is 11.7. The van der Waals surface area contributed by atoms with Crippen LogP contribution in [0.5, 0.6) is 5.75 Å². The van der Waals surface area contributed by atoms with Crippen molar-refractivity contribution in [3.63, 3.8) is 0 Å². The third kappa shape index (κ3) is 4.13. The first kappa shape index (κ1) is 14.7. The van der Waals surface area contributed by atoms with E-state index in [4.69, 9.17) is 4.74 Å². The number of ether oxygens (including phenoxy) is 1. The van der Waals surface area contributed by atoms with E-state index < -0.39 is 11.2 Å². The van der Waals surface area contributed by atoms with Crippen molar-refractivity contribution in [3.8, 4) is 5.75 Å². The van der Waals surface area contributed by atoms with Crippen molar-refractivity contribution in [1.29, 1.82) is 0 Å². The molecule has 0 unspecified atom stereocenters. The molecule has 0 amide bonds. The molecule has 0 fully saturated rings. The molecule has 0 N–H and O–H groups in total. The molecule has 1 rings (SSSR count). The fourth-order valence-corrected chi connectivity index (χ4v) is 1.45. The molecular weight excluding hydrogens is 231 g/mol. The molecule has 3 heteroatoms. The van der Waals surface area contributed by atoms with E-state index in [1.807, 2.05) is 34.6 Å². The summed E-state index contributed by atoms with van der Waals surface area (Å²) < 4.78 is 19.0. The third-order valence-electron chi connectivity index (χ3n) is 2.56. The Morgan fingerprint density at radius 1 is 1.33 bits per heavy atom. The van der Waals surface area contributed by atoms with Crippen LogP contribution in [-0.4, -0.2) is 11.9 Å². The molecule has 0 bridgehead atoms. The molecule has 0 aliphatic carbocycles. The third-order valence-corrected chi connectivity index (χ3v) is 2.56. The molecular formula is C15H21FO2. The first-order valence-electron chi connectivity index (χ1n) is 6.18. The molecule has 0 aliphatic heterocycles. The van der Waals surface area contributed by atoms with E-state index in [9.17, 15) is 9.18 Å². The van der Waals surface area contributed by atoms with Gasteiger partial charge in [-0.15, -0.1) is 0 Å². The predicted octanol–water partition coefficient (Wildman–Crippen LogP) is 3.77. The molecule has 1 aromatic rings. The van der Waals surface area contributed by atoms with E-state index >= 15 is 0 Å². The minimum Gasteiger partial charge on any atom is -0.488 e. The van der Waals surface area contributed by atoms with Crippen LogP contribution >= 0.6 is 0 Å². The number of benzene rings is 1. The van der Waals surface area contributed by atoms with Crippen LogP contribution in [0.1, 0.15) is 40.2 Å². The van der Waals surface area contributed by atoms with Gasteiger partial charge < -0.3 is 4.74 Å². The minimum absolute atomic E-state index is 0.0680. The van der Waals surface area contributed by atoms with Gasteiger partial charge in [-0.2, -0.15) is 0 Å². The quantitative estimate of drug-likeness (QED) is 0.815. The maximum Gasteiger partial charge on any atom is 0.165 e. The SMILES string of the molecule is CC(C)Oc1ccc(CC(=O)C(C)(C)C)cc1F. The Morgan fingerprint density at radius 3 is 2.39 bits per heavy atom. The van der Waals surface area contributed by atoms with Gasteiger partial charge in [0.1, 0.15) is 5.78 Å². The summed E-state index contributed by atoms with van der Waals surface area (Å²) in [6.07, 6.45) is 0.184. The van der Waals surface area contributed by atoms with E-state index in [0.717, 1.165) is 0 Å². The van der Waals surface area contributed by atoms with Crippen molar-refractivity contribution < 1.29 is 13.9 Å². The Labute approximate surface area is 108 Å². The molecule has 0 aromatic heterocycles. The lowest BCUT2D eigenvalue weighted by molar-refractivity contribution is -0.125. The predicted molar refractivity (Wildman–Crippen MR) is 70.3 cm³/mol. The number of ketones is 1. The zero-order valence-electron chi connectivity index (χ0n) is 11.7. The number of Topliss-reactive ketones (excluding diaryl/α,β-unsaturated/α-hetero) is 1. The molecule has 0 saturated heterocycles. The normalized spacial score (nSPS) is 11.7. The molecule has 100 valence electrons. The molecule has 0 spiro atoms. The number of carbonyl (C=O) groups is 1. The highest BCUT2D eigenvalue weighted by molar-refractivity contribution is 5.85. The van der Waals surface area contributed by atoms with Gasteiger partial charge in [0.15, 0.2) is 11.6 Å². The number of hydrogen-bond acceptors (Lipinski definition) is 2. The second kappa shape index (κ2) is 5.51. The Hall–Kier alpha value is -1.38. The molecule has 0 saturated carbocycles. The van der Waals surface area contributed by atoms with Gasteiger partial charge >= 0.3 is 0 Å². The number of hydrogen-bond donors (Lipinski definition) is 0. The Bertz CT molecular complexity index is 431. The lowest BCUT2D eigenvalue weighted by atomic mass is 9.87. The monoisotopic (exact) mass is 252 g/mol. The number of rotatable bonds is 4. The molecule has 0 radical (unpaired) electrons. The summed E-state index contributed by atoms with van der Waals surface area (Å²) in [5.41, 5.74) is 0.285. The van der Waals surface area contributed by atoms with E-state index in [1.165, 1.54) is 6.07 Å². The Morgan fingerprint density at radius 2 is 1.94 bits per heavy atom. The molecule has 0 heterocycles. The Kier molecular flexibility index (Phi) is 4.49. The van der Waals surface area contributed by atoms with Crippen molar-refractivity contribution in [2.24, 2.45) is 5.41 Å². The fraction of sp³-hybridized carbons (Fsp3) is 0.533. The number of carbonyl (C=O) groups excluding carboxylic acids is 1. The Balaban J connectivity index is 2.82. The summed E-state index contributed by atoms with van der Waals surface area (Å²) in [6, 6.07) is 4.70. The largest absolute Gasteiger partial charge is 0.488 e. The topological polar surface area (TPSA) is 26.3 Å². The summed E-state index contributed by atoms with van der Waals surface area (Å²) in [4.78, 5) is 11.9. The van der Waals surface area contributed by atoms with Crippen LogP contribution in [0.25, 0.3) is 0 Å². The van der Waals surface area contributed by atoms with Crippen molar-refractivity contribution in [2.75, 3.05) is 0 Å². The van der Waals surface area contributed by atoms with Gasteiger partial charge in [-0.1, -0.05) is 26.8 Å². The highest BCUT2D eigenvalue weighted by Gasteiger charge is 2.21. The standard InChI is InChI=1S/C15H21FO2/c1-10(2)18-13-7-6-11(8-12(13)16)9-14(17)15(3,4)5/h6-8,10H,9H2,1-5H3. The molecule has 2 nitrogen and oxygen atoms in total. The van der Waals surface area contributed by atoms with Crippen LogP contribution in [0.15, 0.2) is 18.2 Å². The summed E-state index contributed by atoms with van der Waals surface area (Å²) in [5.74, 6) is -0.0840. The van der Waals surface area contributed by atoms with Crippen LogP contribution in [0.2, 0.25) is 0 Å². The zero-order chi connectivity index (χ0) is 13.9. The summed E-state index contributed by atoms with van der Waals surface area (Å²) in [5, 5.41) is 0. The van der Waals surface area contributed by atoms with Gasteiger partial charge in [-0.3, -0.25) is 4.79 Å². The first-order valence-corrected chi connectivity index (χ1v) is 6.18. The van der Waals surface area contributed by atoms with E-state index in [2.05, 4.69) is 0 Å². The molecule has 0 atom stereocenters. The van der Waals surface area contributed by atoms with Crippen LogP contribution in [0, 0.1) is 11.2 Å². The first-order chi connectivity index (χ1) is 8.20. The van der Waals surface area contributed by atoms with Gasteiger partial charge in [0.05, 0.1) is 6.10 Å². The van der Waals surface area contributed by atoms with Crippen LogP contribution in [-0.2, 0) is 11.2 Å². The average Bonchev–Trinajstić information content (AvgIpc) is 2.20. The van der Waals surface area contributed by atoms with Crippen LogP contribution < -0.4 is 4.74 Å². The van der Waals surface area contributed by atoms with Crippen LogP contribution in [0.4, 0.5) is 4.39 Å². The fourth-order valence-electron chi connectivity index (χ4n) is 1.45. The van der Waals surface area contributed by atoms with Gasteiger partial charge in [0, 0.05) is 11.8 Å². The number of halogens is 1. The lowest BCUT2D eigenvalue weighted by Crippen LogP contribution is -2.22. The van der Waals surface area contributed by atoms with Gasteiger partial charge in [0.25, 0.3) is 0 Å². The van der Waals surface area contributed by atoms with E-state index in [1.54, 1.807) is 12.1 Å². The lowest BCUT2D eigenvalue weighted by Gasteiger charge is -2.17. The molecule has 0 aliphatic rings. The highest BCUT2D eigenvalue weighted by atomic mass is 19.1. The molecule has 1 aromatic carbocycles. The van der Waals surface area contributed by atoms with Crippen LogP contribution in [0.3, 0.4) is 0 Å². The second-order valence-corrected chi connectivity index (χ2v) is 5.78. The average molecular weight is 252 g/mol. The summed E-state index contributed by atoms with van der Waals surface area (Å²) in [6.45, 7) is 9.28. The van der Waals surface area contributed by atoms with Gasteiger partial charge in [-0.25, -0.2) is 4.39 Å². The maximum absolute atomic E-state index is 13.7. The van der Waals surface area contributed by atoms with E-state index in [0.29, 0.717) is 5.56 Å². The van der Waals surface area contributed by atoms with Gasteiger partial charge in [0.2, 0.25) is 0 Å².